The molecule has 4 rings (SSSR count). The van der Waals surface area contributed by atoms with E-state index in [4.69, 9.17) is 5.73 Å². The minimum atomic E-state index is 0.409. The van der Waals surface area contributed by atoms with Crippen LogP contribution in [0.25, 0.3) is 27.8 Å². The normalized spacial score (nSPS) is 10.6. The standard InChI is InChI=1S/C15H12N6S.C2H6/c1-22-15-19-7-4-10(20-15)12-9-3-2-6-17-13(9)21-11(12)5-8-18-14(21)16;1-2/h2-8H,1H3,(H2,16,18);1-2H3. The van der Waals surface area contributed by atoms with Gasteiger partial charge in [-0.1, -0.05) is 25.6 Å². The first-order valence-electron chi connectivity index (χ1n) is 7.66. The van der Waals surface area contributed by atoms with Crippen molar-refractivity contribution in [3.8, 4) is 11.3 Å². The molecule has 0 aliphatic heterocycles. The zero-order valence-electron chi connectivity index (χ0n) is 13.8. The van der Waals surface area contributed by atoms with Crippen LogP contribution in [0.2, 0.25) is 0 Å². The molecule has 4 aromatic rings. The molecule has 7 heteroatoms. The molecule has 0 bridgehead atoms. The highest BCUT2D eigenvalue weighted by Gasteiger charge is 2.17. The van der Waals surface area contributed by atoms with Gasteiger partial charge in [0.05, 0.1) is 11.2 Å². The molecule has 0 aliphatic rings. The number of rotatable bonds is 2. The number of thioether (sulfide) groups is 1. The quantitative estimate of drug-likeness (QED) is 0.443. The van der Waals surface area contributed by atoms with Gasteiger partial charge in [-0.3, -0.25) is 4.40 Å². The van der Waals surface area contributed by atoms with Gasteiger partial charge in [0, 0.05) is 29.5 Å². The lowest BCUT2D eigenvalue weighted by Crippen LogP contribution is -1.99. The third-order valence-electron chi connectivity index (χ3n) is 3.51. The number of nitrogen functional groups attached to an aromatic ring is 1. The summed E-state index contributed by atoms with van der Waals surface area (Å²) in [6.45, 7) is 4.00. The number of hydrogen-bond donors (Lipinski definition) is 1. The second kappa shape index (κ2) is 6.84. The lowest BCUT2D eigenvalue weighted by molar-refractivity contribution is 0.977. The molecule has 6 nitrogen and oxygen atoms in total. The maximum absolute atomic E-state index is 6.04. The maximum Gasteiger partial charge on any atom is 0.206 e. The van der Waals surface area contributed by atoms with Crippen LogP contribution in [0.5, 0.6) is 0 Å². The van der Waals surface area contributed by atoms with Gasteiger partial charge in [0.2, 0.25) is 5.95 Å². The van der Waals surface area contributed by atoms with E-state index in [-0.39, 0.29) is 0 Å². The summed E-state index contributed by atoms with van der Waals surface area (Å²) < 4.78 is 1.85. The molecule has 0 aliphatic carbocycles. The molecule has 0 fully saturated rings. The minimum absolute atomic E-state index is 0.409. The van der Waals surface area contributed by atoms with Crippen LogP contribution in [0, 0.1) is 0 Å². The number of pyridine rings is 1. The van der Waals surface area contributed by atoms with Crippen molar-refractivity contribution in [3.05, 3.63) is 42.9 Å². The van der Waals surface area contributed by atoms with Crippen molar-refractivity contribution in [2.75, 3.05) is 12.0 Å². The van der Waals surface area contributed by atoms with Crippen molar-refractivity contribution in [1.29, 1.82) is 0 Å². The highest BCUT2D eigenvalue weighted by Crippen LogP contribution is 2.34. The van der Waals surface area contributed by atoms with Crippen LogP contribution in [0.4, 0.5) is 5.95 Å². The molecule has 4 aromatic heterocycles. The highest BCUT2D eigenvalue weighted by molar-refractivity contribution is 7.98. The molecule has 0 saturated heterocycles. The van der Waals surface area contributed by atoms with Crippen LogP contribution in [0.15, 0.2) is 48.0 Å². The third-order valence-corrected chi connectivity index (χ3v) is 4.07. The van der Waals surface area contributed by atoms with E-state index in [1.54, 1.807) is 18.6 Å². The van der Waals surface area contributed by atoms with Gasteiger partial charge < -0.3 is 5.73 Å². The van der Waals surface area contributed by atoms with Gasteiger partial charge in [-0.25, -0.2) is 19.9 Å². The number of fused-ring (bicyclic) bond motifs is 3. The fraction of sp³-hybridized carbons (Fsp3) is 0.176. The lowest BCUT2D eigenvalue weighted by Gasteiger charge is -2.03. The SMILES string of the molecule is CC.CSc1nccc(-c2c3cccnc3n3c(N)nccc23)n1. The summed E-state index contributed by atoms with van der Waals surface area (Å²) in [5.41, 5.74) is 9.61. The number of hydrogen-bond acceptors (Lipinski definition) is 6. The summed E-state index contributed by atoms with van der Waals surface area (Å²) in [6.07, 6.45) is 7.17. The summed E-state index contributed by atoms with van der Waals surface area (Å²) >= 11 is 1.51. The topological polar surface area (TPSA) is 82.0 Å². The van der Waals surface area contributed by atoms with Crippen molar-refractivity contribution in [3.63, 3.8) is 0 Å². The Bertz CT molecular complexity index is 995. The number of aromatic nitrogens is 5. The van der Waals surface area contributed by atoms with Gasteiger partial charge in [0.25, 0.3) is 0 Å². The maximum atomic E-state index is 6.04. The molecule has 0 unspecified atom stereocenters. The molecule has 0 atom stereocenters. The Morgan fingerprint density at radius 1 is 1.00 bits per heavy atom. The van der Waals surface area contributed by atoms with Gasteiger partial charge in [0.1, 0.15) is 5.65 Å². The average molecular weight is 338 g/mol. The van der Waals surface area contributed by atoms with Crippen molar-refractivity contribution in [2.24, 2.45) is 0 Å². The summed E-state index contributed by atoms with van der Waals surface area (Å²) in [5, 5.41) is 1.73. The summed E-state index contributed by atoms with van der Waals surface area (Å²) in [7, 11) is 0. The zero-order valence-corrected chi connectivity index (χ0v) is 14.6. The molecule has 0 amide bonds. The van der Waals surface area contributed by atoms with Gasteiger partial charge >= 0.3 is 0 Å². The summed E-state index contributed by atoms with van der Waals surface area (Å²) in [6, 6.07) is 7.75. The second-order valence-electron chi connectivity index (χ2n) is 4.70. The first-order chi connectivity index (χ1) is 11.8. The van der Waals surface area contributed by atoms with Crippen LogP contribution in [0.3, 0.4) is 0 Å². The van der Waals surface area contributed by atoms with E-state index in [9.17, 15) is 0 Å². The number of anilines is 1. The fourth-order valence-electron chi connectivity index (χ4n) is 2.61. The van der Waals surface area contributed by atoms with Crippen LogP contribution in [-0.4, -0.2) is 30.6 Å². The molecule has 0 radical (unpaired) electrons. The Labute approximate surface area is 144 Å². The number of nitrogens with two attached hydrogens (primary N) is 1. The van der Waals surface area contributed by atoms with E-state index in [2.05, 4.69) is 19.9 Å². The van der Waals surface area contributed by atoms with Crippen LogP contribution < -0.4 is 5.73 Å². The van der Waals surface area contributed by atoms with Crippen LogP contribution >= 0.6 is 11.8 Å². The van der Waals surface area contributed by atoms with Gasteiger partial charge in [0.15, 0.2) is 5.16 Å². The molecule has 0 spiro atoms. The summed E-state index contributed by atoms with van der Waals surface area (Å²) in [4.78, 5) is 17.5. The molecule has 122 valence electrons. The summed E-state index contributed by atoms with van der Waals surface area (Å²) in [5.74, 6) is 0.409. The van der Waals surface area contributed by atoms with E-state index in [0.29, 0.717) is 5.95 Å². The first-order valence-corrected chi connectivity index (χ1v) is 8.89. The molecule has 4 heterocycles. The van der Waals surface area contributed by atoms with Gasteiger partial charge in [-0.15, -0.1) is 0 Å². The monoisotopic (exact) mass is 338 g/mol. The van der Waals surface area contributed by atoms with E-state index in [1.165, 1.54) is 11.8 Å². The van der Waals surface area contributed by atoms with Crippen LogP contribution in [0.1, 0.15) is 13.8 Å². The van der Waals surface area contributed by atoms with E-state index in [1.807, 2.05) is 48.8 Å². The fourth-order valence-corrected chi connectivity index (χ4v) is 2.97. The van der Waals surface area contributed by atoms with Crippen molar-refractivity contribution in [1.82, 2.24) is 24.3 Å². The van der Waals surface area contributed by atoms with Gasteiger partial charge in [-0.05, 0) is 30.5 Å². The van der Waals surface area contributed by atoms with Crippen molar-refractivity contribution < 1.29 is 0 Å². The van der Waals surface area contributed by atoms with Crippen molar-refractivity contribution >= 4 is 34.3 Å². The minimum Gasteiger partial charge on any atom is -0.369 e. The predicted octanol–water partition coefficient (Wildman–Crippen LogP) is 3.67. The Kier molecular flexibility index (Phi) is 4.61. The van der Waals surface area contributed by atoms with Crippen molar-refractivity contribution in [2.45, 2.75) is 19.0 Å². The third kappa shape index (κ3) is 2.56. The Balaban J connectivity index is 0.000000815. The lowest BCUT2D eigenvalue weighted by atomic mass is 10.1. The second-order valence-corrected chi connectivity index (χ2v) is 5.48. The molecule has 24 heavy (non-hydrogen) atoms. The van der Waals surface area contributed by atoms with E-state index < -0.39 is 0 Å². The zero-order chi connectivity index (χ0) is 17.1. The average Bonchev–Trinajstić information content (AvgIpc) is 2.99. The van der Waals surface area contributed by atoms with Crippen LogP contribution in [-0.2, 0) is 0 Å². The largest absolute Gasteiger partial charge is 0.369 e. The smallest absolute Gasteiger partial charge is 0.206 e. The Morgan fingerprint density at radius 2 is 1.79 bits per heavy atom. The number of nitrogens with zero attached hydrogens (tertiary/aromatic N) is 5. The molecule has 2 N–H and O–H groups in total. The highest BCUT2D eigenvalue weighted by atomic mass is 32.2. The molecular formula is C17H18N6S. The Hall–Kier alpha value is -2.67. The molecule has 0 aromatic carbocycles. The molecule has 0 saturated carbocycles. The first kappa shape index (κ1) is 16.2. The predicted molar refractivity (Wildman–Crippen MR) is 99.1 cm³/mol. The Morgan fingerprint density at radius 3 is 2.58 bits per heavy atom. The molecular weight excluding hydrogens is 320 g/mol. The van der Waals surface area contributed by atoms with E-state index in [0.717, 1.165) is 33.0 Å². The van der Waals surface area contributed by atoms with Gasteiger partial charge in [-0.2, -0.15) is 0 Å². The van der Waals surface area contributed by atoms with E-state index >= 15 is 0 Å².